The number of carbonyl (C=O) groups is 1. The van der Waals surface area contributed by atoms with Gasteiger partial charge >= 0.3 is 5.97 Å². The van der Waals surface area contributed by atoms with Crippen LogP contribution in [-0.4, -0.2) is 16.1 Å². The zero-order valence-corrected chi connectivity index (χ0v) is 14.3. The Kier molecular flexibility index (Phi) is 5.83. The van der Waals surface area contributed by atoms with Crippen molar-refractivity contribution in [2.45, 2.75) is 44.9 Å². The first-order valence-electron chi connectivity index (χ1n) is 8.85. The lowest BCUT2D eigenvalue weighted by Gasteiger charge is -2.02. The number of unbranched alkanes of at least 4 members (excludes halogenated alkanes) is 2. The third-order valence-corrected chi connectivity index (χ3v) is 4.31. The summed E-state index contributed by atoms with van der Waals surface area (Å²) in [5.74, 6) is 1.25. The smallest absolute Gasteiger partial charge is 0.303 e. The third-order valence-electron chi connectivity index (χ3n) is 4.31. The van der Waals surface area contributed by atoms with Crippen LogP contribution in [0.1, 0.15) is 42.9 Å². The minimum absolute atomic E-state index is 0.252. The molecule has 0 fully saturated rings. The van der Waals surface area contributed by atoms with Crippen LogP contribution in [-0.2, 0) is 24.1 Å². The van der Waals surface area contributed by atoms with E-state index in [1.807, 2.05) is 30.3 Å². The van der Waals surface area contributed by atoms with Gasteiger partial charge in [0, 0.05) is 30.3 Å². The van der Waals surface area contributed by atoms with E-state index in [0.717, 1.165) is 66.6 Å². The van der Waals surface area contributed by atoms with Gasteiger partial charge in [-0.05, 0) is 43.5 Å². The van der Waals surface area contributed by atoms with Gasteiger partial charge in [-0.15, -0.1) is 0 Å². The van der Waals surface area contributed by atoms with Crippen molar-refractivity contribution in [1.82, 2.24) is 4.98 Å². The van der Waals surface area contributed by atoms with E-state index < -0.39 is 5.97 Å². The standard InChI is InChI=1S/C21H23NO3/c23-21(24)9-3-1-2-7-18-14-15-19(25-18)13-12-17-11-10-16-6-4-5-8-20(16)22-17/h4-6,8,10-11,14-15H,1-3,7,9,12-13H2,(H,23,24). The summed E-state index contributed by atoms with van der Waals surface area (Å²) in [4.78, 5) is 15.2. The van der Waals surface area contributed by atoms with Crippen molar-refractivity contribution < 1.29 is 14.3 Å². The number of carboxylic acid groups (broad SMARTS) is 1. The Morgan fingerprint density at radius 3 is 2.52 bits per heavy atom. The number of benzene rings is 1. The quantitative estimate of drug-likeness (QED) is 0.570. The molecule has 4 nitrogen and oxygen atoms in total. The summed E-state index contributed by atoms with van der Waals surface area (Å²) in [5.41, 5.74) is 2.10. The van der Waals surface area contributed by atoms with Crippen molar-refractivity contribution >= 4 is 16.9 Å². The van der Waals surface area contributed by atoms with Gasteiger partial charge in [0.25, 0.3) is 0 Å². The minimum Gasteiger partial charge on any atom is -0.481 e. The molecule has 130 valence electrons. The number of carboxylic acids is 1. The number of hydrogen-bond donors (Lipinski definition) is 1. The molecular formula is C21H23NO3. The molecule has 4 heteroatoms. The summed E-state index contributed by atoms with van der Waals surface area (Å²) in [6, 6.07) is 16.4. The van der Waals surface area contributed by atoms with Crippen LogP contribution in [0.4, 0.5) is 0 Å². The van der Waals surface area contributed by atoms with Crippen LogP contribution in [0.15, 0.2) is 52.9 Å². The summed E-state index contributed by atoms with van der Waals surface area (Å²) in [6.45, 7) is 0. The molecular weight excluding hydrogens is 314 g/mol. The highest BCUT2D eigenvalue weighted by atomic mass is 16.4. The molecule has 0 atom stereocenters. The van der Waals surface area contributed by atoms with Crippen LogP contribution in [0, 0.1) is 0 Å². The lowest BCUT2D eigenvalue weighted by atomic mass is 10.1. The number of aromatic nitrogens is 1. The molecule has 3 aromatic rings. The summed E-state index contributed by atoms with van der Waals surface area (Å²) < 4.78 is 5.88. The van der Waals surface area contributed by atoms with Crippen LogP contribution >= 0.6 is 0 Å². The molecule has 1 aromatic carbocycles. The highest BCUT2D eigenvalue weighted by Crippen LogP contribution is 2.16. The van der Waals surface area contributed by atoms with E-state index in [1.54, 1.807) is 0 Å². The Morgan fingerprint density at radius 2 is 1.68 bits per heavy atom. The molecule has 0 amide bonds. The molecule has 3 rings (SSSR count). The Labute approximate surface area is 147 Å². The fourth-order valence-corrected chi connectivity index (χ4v) is 2.94. The van der Waals surface area contributed by atoms with Gasteiger partial charge in [-0.2, -0.15) is 0 Å². The molecule has 0 unspecified atom stereocenters. The Balaban J connectivity index is 1.47. The van der Waals surface area contributed by atoms with E-state index in [4.69, 9.17) is 14.5 Å². The predicted molar refractivity (Wildman–Crippen MR) is 97.7 cm³/mol. The van der Waals surface area contributed by atoms with Crippen LogP contribution < -0.4 is 0 Å². The maximum absolute atomic E-state index is 10.5. The zero-order valence-electron chi connectivity index (χ0n) is 14.3. The van der Waals surface area contributed by atoms with Crippen LogP contribution in [0.3, 0.4) is 0 Å². The van der Waals surface area contributed by atoms with Crippen molar-refractivity contribution in [2.75, 3.05) is 0 Å². The normalized spacial score (nSPS) is 11.0. The van der Waals surface area contributed by atoms with Crippen LogP contribution in [0.5, 0.6) is 0 Å². The number of aryl methyl sites for hydroxylation is 3. The number of nitrogens with zero attached hydrogens (tertiary/aromatic N) is 1. The molecule has 0 radical (unpaired) electrons. The molecule has 0 aliphatic heterocycles. The molecule has 0 spiro atoms. The zero-order chi connectivity index (χ0) is 17.5. The molecule has 2 heterocycles. The van der Waals surface area contributed by atoms with Crippen molar-refractivity contribution in [3.8, 4) is 0 Å². The number of aliphatic carboxylic acids is 1. The number of fused-ring (bicyclic) bond motifs is 1. The maximum atomic E-state index is 10.5. The second-order valence-corrected chi connectivity index (χ2v) is 6.32. The van der Waals surface area contributed by atoms with Gasteiger partial charge in [0.15, 0.2) is 0 Å². The fraction of sp³-hybridized carbons (Fsp3) is 0.333. The topological polar surface area (TPSA) is 63.3 Å². The number of rotatable bonds is 9. The van der Waals surface area contributed by atoms with Crippen molar-refractivity contribution in [2.24, 2.45) is 0 Å². The molecule has 0 saturated carbocycles. The maximum Gasteiger partial charge on any atom is 0.303 e. The van der Waals surface area contributed by atoms with Crippen molar-refractivity contribution in [3.05, 3.63) is 65.7 Å². The average Bonchev–Trinajstić information content (AvgIpc) is 3.07. The lowest BCUT2D eigenvalue weighted by Crippen LogP contribution is -1.94. The molecule has 0 aliphatic rings. The van der Waals surface area contributed by atoms with Crippen LogP contribution in [0.2, 0.25) is 0 Å². The average molecular weight is 337 g/mol. The summed E-state index contributed by atoms with van der Waals surface area (Å²) in [7, 11) is 0. The van der Waals surface area contributed by atoms with Gasteiger partial charge in [0.2, 0.25) is 0 Å². The SMILES string of the molecule is O=C(O)CCCCCc1ccc(CCc2ccc3ccccc3n2)o1. The molecule has 1 N–H and O–H groups in total. The Hall–Kier alpha value is -2.62. The predicted octanol–water partition coefficient (Wildman–Crippen LogP) is 4.80. The second kappa shape index (κ2) is 8.47. The first kappa shape index (κ1) is 17.2. The number of hydrogen-bond acceptors (Lipinski definition) is 3. The van der Waals surface area contributed by atoms with Gasteiger partial charge in [-0.1, -0.05) is 30.7 Å². The van der Waals surface area contributed by atoms with Gasteiger partial charge in [-0.3, -0.25) is 9.78 Å². The lowest BCUT2D eigenvalue weighted by molar-refractivity contribution is -0.137. The van der Waals surface area contributed by atoms with Gasteiger partial charge in [-0.25, -0.2) is 0 Å². The summed E-state index contributed by atoms with van der Waals surface area (Å²) in [6.07, 6.45) is 5.43. The van der Waals surface area contributed by atoms with Crippen molar-refractivity contribution in [1.29, 1.82) is 0 Å². The largest absolute Gasteiger partial charge is 0.481 e. The highest BCUT2D eigenvalue weighted by molar-refractivity contribution is 5.78. The molecule has 0 bridgehead atoms. The summed E-state index contributed by atoms with van der Waals surface area (Å²) in [5, 5.41) is 9.78. The molecule has 25 heavy (non-hydrogen) atoms. The van der Waals surface area contributed by atoms with Gasteiger partial charge in [0.05, 0.1) is 5.52 Å². The Bertz CT molecular complexity index is 838. The first-order chi connectivity index (χ1) is 12.2. The molecule has 2 aromatic heterocycles. The van der Waals surface area contributed by atoms with Gasteiger partial charge in [0.1, 0.15) is 11.5 Å². The molecule has 0 aliphatic carbocycles. The van der Waals surface area contributed by atoms with Crippen molar-refractivity contribution in [3.63, 3.8) is 0 Å². The van der Waals surface area contributed by atoms with E-state index in [1.165, 1.54) is 0 Å². The van der Waals surface area contributed by atoms with Crippen LogP contribution in [0.25, 0.3) is 10.9 Å². The monoisotopic (exact) mass is 337 g/mol. The minimum atomic E-state index is -0.720. The summed E-state index contributed by atoms with van der Waals surface area (Å²) >= 11 is 0. The highest BCUT2D eigenvalue weighted by Gasteiger charge is 2.05. The number of pyridine rings is 1. The molecule has 0 saturated heterocycles. The number of para-hydroxylation sites is 1. The second-order valence-electron chi connectivity index (χ2n) is 6.32. The van der Waals surface area contributed by atoms with E-state index >= 15 is 0 Å². The Morgan fingerprint density at radius 1 is 0.880 bits per heavy atom. The van der Waals surface area contributed by atoms with E-state index in [0.29, 0.717) is 0 Å². The number of furan rings is 1. The van der Waals surface area contributed by atoms with E-state index in [9.17, 15) is 4.79 Å². The van der Waals surface area contributed by atoms with Gasteiger partial charge < -0.3 is 9.52 Å². The fourth-order valence-electron chi connectivity index (χ4n) is 2.94. The van der Waals surface area contributed by atoms with E-state index in [2.05, 4.69) is 18.2 Å². The first-order valence-corrected chi connectivity index (χ1v) is 8.85. The third kappa shape index (κ3) is 5.18. The van der Waals surface area contributed by atoms with E-state index in [-0.39, 0.29) is 6.42 Å².